The van der Waals surface area contributed by atoms with Gasteiger partial charge in [-0.15, -0.1) is 0 Å². The predicted octanol–water partition coefficient (Wildman–Crippen LogP) is 4.17. The third-order valence-electron chi connectivity index (χ3n) is 4.51. The molecule has 0 radical (unpaired) electrons. The van der Waals surface area contributed by atoms with Crippen LogP contribution in [0.2, 0.25) is 0 Å². The van der Waals surface area contributed by atoms with Gasteiger partial charge in [-0.3, -0.25) is 0 Å². The molecule has 0 N–H and O–H groups in total. The van der Waals surface area contributed by atoms with Gasteiger partial charge in [-0.2, -0.15) is 5.26 Å². The molecule has 0 saturated carbocycles. The molecule has 130 valence electrons. The lowest BCUT2D eigenvalue weighted by molar-refractivity contribution is -0.136. The van der Waals surface area contributed by atoms with Crippen LogP contribution in [0.5, 0.6) is 11.5 Å². The standard InChI is InChI=1S/C21H17NO4/c22-12-14-5-1-3-7-18(14)24-13-21(23)25-15-9-10-20-17(11-15)16-6-2-4-8-19(16)26-20/h1,3,5,7,9-11H,2,4,6,8,13H2. The minimum Gasteiger partial charge on any atom is -0.481 e. The lowest BCUT2D eigenvalue weighted by Crippen LogP contribution is -2.18. The first-order valence-corrected chi connectivity index (χ1v) is 8.61. The van der Waals surface area contributed by atoms with Crippen LogP contribution in [0.4, 0.5) is 0 Å². The van der Waals surface area contributed by atoms with Crippen LogP contribution in [0.25, 0.3) is 11.0 Å². The van der Waals surface area contributed by atoms with Gasteiger partial charge in [0.15, 0.2) is 6.61 Å². The zero-order valence-electron chi connectivity index (χ0n) is 14.2. The van der Waals surface area contributed by atoms with Gasteiger partial charge >= 0.3 is 5.97 Å². The Bertz CT molecular complexity index is 1010. The summed E-state index contributed by atoms with van der Waals surface area (Å²) in [6, 6.07) is 14.2. The third-order valence-corrected chi connectivity index (χ3v) is 4.51. The second-order valence-electron chi connectivity index (χ2n) is 6.24. The van der Waals surface area contributed by atoms with Crippen molar-refractivity contribution >= 4 is 16.9 Å². The van der Waals surface area contributed by atoms with E-state index in [9.17, 15) is 4.79 Å². The van der Waals surface area contributed by atoms with E-state index in [1.807, 2.05) is 18.2 Å². The molecule has 1 aliphatic rings. The number of carbonyl (C=O) groups is 1. The average Bonchev–Trinajstić information content (AvgIpc) is 3.04. The van der Waals surface area contributed by atoms with Crippen LogP contribution in [0.3, 0.4) is 0 Å². The molecule has 1 heterocycles. The first-order valence-electron chi connectivity index (χ1n) is 8.61. The van der Waals surface area contributed by atoms with Gasteiger partial charge in [-0.05, 0) is 49.6 Å². The minimum atomic E-state index is -0.519. The fourth-order valence-electron chi connectivity index (χ4n) is 3.29. The molecule has 2 aromatic carbocycles. The van der Waals surface area contributed by atoms with Gasteiger partial charge in [-0.1, -0.05) is 12.1 Å². The van der Waals surface area contributed by atoms with E-state index in [1.54, 1.807) is 30.3 Å². The number of benzene rings is 2. The highest BCUT2D eigenvalue weighted by atomic mass is 16.6. The number of rotatable bonds is 4. The van der Waals surface area contributed by atoms with E-state index in [0.717, 1.165) is 42.4 Å². The van der Waals surface area contributed by atoms with Crippen molar-refractivity contribution in [2.45, 2.75) is 25.7 Å². The lowest BCUT2D eigenvalue weighted by Gasteiger charge is -2.09. The molecule has 0 unspecified atom stereocenters. The lowest BCUT2D eigenvalue weighted by atomic mass is 9.96. The van der Waals surface area contributed by atoms with Gasteiger partial charge in [0.1, 0.15) is 28.9 Å². The number of hydrogen-bond donors (Lipinski definition) is 0. The Morgan fingerprint density at radius 3 is 2.88 bits per heavy atom. The molecule has 0 bridgehead atoms. The Hall–Kier alpha value is -3.26. The quantitative estimate of drug-likeness (QED) is 0.523. The van der Waals surface area contributed by atoms with Crippen LogP contribution in [0, 0.1) is 11.3 Å². The average molecular weight is 347 g/mol. The molecule has 4 rings (SSSR count). The summed E-state index contributed by atoms with van der Waals surface area (Å²) < 4.78 is 16.7. The molecular formula is C21H17NO4. The van der Waals surface area contributed by atoms with Gasteiger partial charge in [0.05, 0.1) is 5.56 Å². The normalized spacial score (nSPS) is 13.0. The number of furan rings is 1. The number of nitriles is 1. The predicted molar refractivity (Wildman–Crippen MR) is 95.1 cm³/mol. The Morgan fingerprint density at radius 2 is 2.00 bits per heavy atom. The number of nitrogens with zero attached hydrogens (tertiary/aromatic N) is 1. The third kappa shape index (κ3) is 3.14. The van der Waals surface area contributed by atoms with Crippen molar-refractivity contribution < 1.29 is 18.7 Å². The number of carbonyl (C=O) groups excluding carboxylic acids is 1. The Morgan fingerprint density at radius 1 is 1.15 bits per heavy atom. The van der Waals surface area contributed by atoms with Crippen molar-refractivity contribution in [3.63, 3.8) is 0 Å². The van der Waals surface area contributed by atoms with Crippen molar-refractivity contribution in [2.75, 3.05) is 6.61 Å². The van der Waals surface area contributed by atoms with Gasteiger partial charge in [0.25, 0.3) is 0 Å². The van der Waals surface area contributed by atoms with Crippen molar-refractivity contribution in [3.8, 4) is 17.6 Å². The van der Waals surface area contributed by atoms with Crippen molar-refractivity contribution in [1.82, 2.24) is 0 Å². The zero-order chi connectivity index (χ0) is 17.9. The van der Waals surface area contributed by atoms with Gasteiger partial charge in [0.2, 0.25) is 0 Å². The smallest absolute Gasteiger partial charge is 0.349 e. The van der Waals surface area contributed by atoms with Crippen LogP contribution in [-0.2, 0) is 17.6 Å². The maximum atomic E-state index is 12.1. The highest BCUT2D eigenvalue weighted by molar-refractivity contribution is 5.85. The van der Waals surface area contributed by atoms with Gasteiger partial charge in [-0.25, -0.2) is 4.79 Å². The SMILES string of the molecule is N#Cc1ccccc1OCC(=O)Oc1ccc2oc3c(c2c1)CCCC3. The van der Waals surface area contributed by atoms with E-state index in [4.69, 9.17) is 19.2 Å². The number of hydrogen-bond acceptors (Lipinski definition) is 5. The molecule has 0 atom stereocenters. The van der Waals surface area contributed by atoms with Crippen LogP contribution < -0.4 is 9.47 Å². The highest BCUT2D eigenvalue weighted by Crippen LogP contribution is 2.34. The summed E-state index contributed by atoms with van der Waals surface area (Å²) >= 11 is 0. The molecule has 5 nitrogen and oxygen atoms in total. The fraction of sp³-hybridized carbons (Fsp3) is 0.238. The summed E-state index contributed by atoms with van der Waals surface area (Å²) in [6.07, 6.45) is 4.26. The van der Waals surface area contributed by atoms with Crippen LogP contribution >= 0.6 is 0 Å². The second kappa shape index (κ2) is 6.93. The maximum Gasteiger partial charge on any atom is 0.349 e. The Balaban J connectivity index is 1.47. The van der Waals surface area contributed by atoms with Gasteiger partial charge in [0, 0.05) is 17.4 Å². The molecule has 1 aromatic heterocycles. The molecule has 0 aliphatic heterocycles. The van der Waals surface area contributed by atoms with Crippen LogP contribution in [0.1, 0.15) is 29.7 Å². The largest absolute Gasteiger partial charge is 0.481 e. The minimum absolute atomic E-state index is 0.264. The molecule has 3 aromatic rings. The van der Waals surface area contributed by atoms with E-state index < -0.39 is 5.97 Å². The summed E-state index contributed by atoms with van der Waals surface area (Å²) in [7, 11) is 0. The number of aryl methyl sites for hydroxylation is 2. The van der Waals surface area contributed by atoms with Crippen LogP contribution in [-0.4, -0.2) is 12.6 Å². The first-order chi connectivity index (χ1) is 12.7. The Kier molecular flexibility index (Phi) is 4.32. The van der Waals surface area contributed by atoms with Crippen LogP contribution in [0.15, 0.2) is 46.9 Å². The summed E-state index contributed by atoms with van der Waals surface area (Å²) in [5.41, 5.74) is 2.44. The van der Waals surface area contributed by atoms with Gasteiger partial charge < -0.3 is 13.9 Å². The number of para-hydroxylation sites is 1. The summed E-state index contributed by atoms with van der Waals surface area (Å²) in [5, 5.41) is 10.1. The molecule has 26 heavy (non-hydrogen) atoms. The van der Waals surface area contributed by atoms with Crippen molar-refractivity contribution in [3.05, 3.63) is 59.4 Å². The van der Waals surface area contributed by atoms with E-state index >= 15 is 0 Å². The molecular weight excluding hydrogens is 330 g/mol. The number of ether oxygens (including phenoxy) is 2. The fourth-order valence-corrected chi connectivity index (χ4v) is 3.29. The summed E-state index contributed by atoms with van der Waals surface area (Å²) in [5.74, 6) is 1.36. The molecule has 0 fully saturated rings. The first kappa shape index (κ1) is 16.2. The summed E-state index contributed by atoms with van der Waals surface area (Å²) in [6.45, 7) is -0.264. The Labute approximate surface area is 150 Å². The zero-order valence-corrected chi connectivity index (χ0v) is 14.2. The van der Waals surface area contributed by atoms with E-state index in [2.05, 4.69) is 0 Å². The molecule has 0 spiro atoms. The molecule has 0 amide bonds. The van der Waals surface area contributed by atoms with Crippen molar-refractivity contribution in [1.29, 1.82) is 5.26 Å². The topological polar surface area (TPSA) is 72.5 Å². The molecule has 1 aliphatic carbocycles. The van der Waals surface area contributed by atoms with E-state index in [0.29, 0.717) is 17.1 Å². The monoisotopic (exact) mass is 347 g/mol. The van der Waals surface area contributed by atoms with Crippen molar-refractivity contribution in [2.24, 2.45) is 0 Å². The number of esters is 1. The second-order valence-corrected chi connectivity index (χ2v) is 6.24. The van der Waals surface area contributed by atoms with E-state index in [-0.39, 0.29) is 6.61 Å². The number of fused-ring (bicyclic) bond motifs is 3. The molecule has 0 saturated heterocycles. The maximum absolute atomic E-state index is 12.1. The highest BCUT2D eigenvalue weighted by Gasteiger charge is 2.18. The molecule has 5 heteroatoms. The summed E-state index contributed by atoms with van der Waals surface area (Å²) in [4.78, 5) is 12.1. The van der Waals surface area contributed by atoms with E-state index in [1.165, 1.54) is 5.56 Å².